The number of nitrogens with zero attached hydrogens (tertiary/aromatic N) is 1. The summed E-state index contributed by atoms with van der Waals surface area (Å²) in [5.74, 6) is 0.0627. The molecular weight excluding hydrogens is 316 g/mol. The zero-order valence-electron chi connectivity index (χ0n) is 15.6. The maximum absolute atomic E-state index is 12.4. The molecule has 5 heteroatoms. The minimum atomic E-state index is -0.103. The van der Waals surface area contributed by atoms with Crippen LogP contribution >= 0.6 is 0 Å². The number of hydrogen-bond acceptors (Lipinski definition) is 3. The summed E-state index contributed by atoms with van der Waals surface area (Å²) < 4.78 is 5.38. The second-order valence-corrected chi connectivity index (χ2v) is 6.95. The minimum Gasteiger partial charge on any atom is -0.377 e. The molecule has 1 aliphatic rings. The van der Waals surface area contributed by atoms with Crippen LogP contribution in [-0.2, 0) is 27.5 Å². The quantitative estimate of drug-likeness (QED) is 0.826. The van der Waals surface area contributed by atoms with Gasteiger partial charge >= 0.3 is 0 Å². The van der Waals surface area contributed by atoms with Crippen molar-refractivity contribution in [1.29, 1.82) is 0 Å². The molecule has 1 aliphatic heterocycles. The number of likely N-dealkylation sites (tertiary alicyclic amines) is 1. The Hall–Kier alpha value is -1.88. The fourth-order valence-corrected chi connectivity index (χ4v) is 3.06. The molecule has 1 fully saturated rings. The van der Waals surface area contributed by atoms with Gasteiger partial charge in [0.25, 0.3) is 0 Å². The lowest BCUT2D eigenvalue weighted by Crippen LogP contribution is -2.46. The molecule has 1 aromatic carbocycles. The summed E-state index contributed by atoms with van der Waals surface area (Å²) in [6.45, 7) is 8.93. The van der Waals surface area contributed by atoms with E-state index < -0.39 is 0 Å². The number of carbonyl (C=O) groups is 2. The summed E-state index contributed by atoms with van der Waals surface area (Å²) >= 11 is 0. The van der Waals surface area contributed by atoms with Gasteiger partial charge in [0.05, 0.1) is 12.5 Å². The van der Waals surface area contributed by atoms with Crippen LogP contribution < -0.4 is 5.32 Å². The van der Waals surface area contributed by atoms with Gasteiger partial charge in [-0.25, -0.2) is 0 Å². The number of carbonyl (C=O) groups excluding carboxylic acids is 2. The predicted octanol–water partition coefficient (Wildman–Crippen LogP) is 2.73. The summed E-state index contributed by atoms with van der Waals surface area (Å²) in [5, 5.41) is 3.01. The second-order valence-electron chi connectivity index (χ2n) is 6.95. The van der Waals surface area contributed by atoms with Crippen LogP contribution in [0.5, 0.6) is 0 Å². The lowest BCUT2D eigenvalue weighted by Gasteiger charge is -2.33. The first-order chi connectivity index (χ1) is 12.0. The molecule has 1 aromatic rings. The van der Waals surface area contributed by atoms with Gasteiger partial charge in [0.15, 0.2) is 0 Å². The number of piperidine rings is 1. The van der Waals surface area contributed by atoms with Gasteiger partial charge in [0.2, 0.25) is 11.8 Å². The van der Waals surface area contributed by atoms with Crippen LogP contribution in [0.25, 0.3) is 0 Å². The predicted molar refractivity (Wildman–Crippen MR) is 97.8 cm³/mol. The molecule has 0 aromatic heterocycles. The SMILES string of the molecule is CCOCc1ccc(CNC(=O)[C@H]2CCCN(C(=O)C(C)C)C2)cc1. The van der Waals surface area contributed by atoms with Crippen molar-refractivity contribution in [3.63, 3.8) is 0 Å². The zero-order valence-corrected chi connectivity index (χ0v) is 15.6. The molecule has 0 saturated carbocycles. The van der Waals surface area contributed by atoms with Gasteiger partial charge in [-0.3, -0.25) is 9.59 Å². The van der Waals surface area contributed by atoms with Gasteiger partial charge < -0.3 is 15.0 Å². The summed E-state index contributed by atoms with van der Waals surface area (Å²) in [6.07, 6.45) is 1.74. The second kappa shape index (κ2) is 9.56. The van der Waals surface area contributed by atoms with E-state index in [2.05, 4.69) is 5.32 Å². The van der Waals surface area contributed by atoms with E-state index >= 15 is 0 Å². The Morgan fingerprint density at radius 1 is 1.24 bits per heavy atom. The first-order valence-electron chi connectivity index (χ1n) is 9.23. The molecule has 0 unspecified atom stereocenters. The van der Waals surface area contributed by atoms with E-state index in [1.807, 2.05) is 49.9 Å². The smallest absolute Gasteiger partial charge is 0.225 e. The molecule has 1 atom stereocenters. The molecule has 5 nitrogen and oxygen atoms in total. The van der Waals surface area contributed by atoms with Gasteiger partial charge in [-0.2, -0.15) is 0 Å². The fraction of sp³-hybridized carbons (Fsp3) is 0.600. The Balaban J connectivity index is 1.82. The van der Waals surface area contributed by atoms with Crippen LogP contribution in [0.3, 0.4) is 0 Å². The number of hydrogen-bond donors (Lipinski definition) is 1. The fourth-order valence-electron chi connectivity index (χ4n) is 3.06. The van der Waals surface area contributed by atoms with Crippen LogP contribution in [0.2, 0.25) is 0 Å². The molecule has 0 bridgehead atoms. The highest BCUT2D eigenvalue weighted by atomic mass is 16.5. The summed E-state index contributed by atoms with van der Waals surface area (Å²) in [5.41, 5.74) is 2.20. The Kier molecular flexibility index (Phi) is 7.44. The number of ether oxygens (including phenoxy) is 1. The molecule has 2 amide bonds. The molecule has 0 aliphatic carbocycles. The zero-order chi connectivity index (χ0) is 18.2. The van der Waals surface area contributed by atoms with Crippen molar-refractivity contribution in [2.45, 2.75) is 46.8 Å². The van der Waals surface area contributed by atoms with E-state index in [1.165, 1.54) is 0 Å². The number of nitrogens with one attached hydrogen (secondary N) is 1. The lowest BCUT2D eigenvalue weighted by molar-refractivity contribution is -0.138. The third kappa shape index (κ3) is 5.85. The van der Waals surface area contributed by atoms with Crippen molar-refractivity contribution in [3.8, 4) is 0 Å². The Morgan fingerprint density at radius 3 is 2.56 bits per heavy atom. The Labute approximate surface area is 150 Å². The summed E-state index contributed by atoms with van der Waals surface area (Å²) in [7, 11) is 0. The van der Waals surface area contributed by atoms with E-state index in [9.17, 15) is 9.59 Å². The molecule has 2 rings (SSSR count). The van der Waals surface area contributed by atoms with E-state index in [1.54, 1.807) is 0 Å². The van der Waals surface area contributed by atoms with Crippen LogP contribution in [0.15, 0.2) is 24.3 Å². The van der Waals surface area contributed by atoms with Crippen LogP contribution in [-0.4, -0.2) is 36.4 Å². The van der Waals surface area contributed by atoms with Crippen LogP contribution in [0.4, 0.5) is 0 Å². The molecule has 0 spiro atoms. The molecular formula is C20H30N2O3. The van der Waals surface area contributed by atoms with Gasteiger partial charge in [-0.15, -0.1) is 0 Å². The molecule has 25 heavy (non-hydrogen) atoms. The monoisotopic (exact) mass is 346 g/mol. The molecule has 1 saturated heterocycles. The average molecular weight is 346 g/mol. The van der Waals surface area contributed by atoms with Crippen molar-refractivity contribution < 1.29 is 14.3 Å². The molecule has 1 heterocycles. The Morgan fingerprint density at radius 2 is 1.92 bits per heavy atom. The third-order valence-electron chi connectivity index (χ3n) is 4.56. The van der Waals surface area contributed by atoms with Crippen LogP contribution in [0, 0.1) is 11.8 Å². The van der Waals surface area contributed by atoms with Crippen LogP contribution in [0.1, 0.15) is 44.7 Å². The van der Waals surface area contributed by atoms with Gasteiger partial charge in [0.1, 0.15) is 0 Å². The standard InChI is InChI=1S/C20H30N2O3/c1-4-25-14-17-9-7-16(8-10-17)12-21-19(23)18-6-5-11-22(13-18)20(24)15(2)3/h7-10,15,18H,4-6,11-14H2,1-3H3,(H,21,23)/t18-/m0/s1. The maximum atomic E-state index is 12.4. The first kappa shape index (κ1) is 19.4. The van der Waals surface area contributed by atoms with Gasteiger partial charge in [0, 0.05) is 32.2 Å². The van der Waals surface area contributed by atoms with E-state index in [0.29, 0.717) is 26.3 Å². The first-order valence-corrected chi connectivity index (χ1v) is 9.23. The normalized spacial score (nSPS) is 17.6. The topological polar surface area (TPSA) is 58.6 Å². The largest absolute Gasteiger partial charge is 0.377 e. The molecule has 1 N–H and O–H groups in total. The molecule has 0 radical (unpaired) electrons. The summed E-state index contributed by atoms with van der Waals surface area (Å²) in [4.78, 5) is 26.4. The van der Waals surface area contributed by atoms with E-state index in [-0.39, 0.29) is 23.7 Å². The lowest BCUT2D eigenvalue weighted by atomic mass is 9.96. The summed E-state index contributed by atoms with van der Waals surface area (Å²) in [6, 6.07) is 8.09. The highest BCUT2D eigenvalue weighted by molar-refractivity contribution is 5.82. The average Bonchev–Trinajstić information content (AvgIpc) is 2.64. The maximum Gasteiger partial charge on any atom is 0.225 e. The minimum absolute atomic E-state index is 0.0167. The number of benzene rings is 1. The van der Waals surface area contributed by atoms with E-state index in [4.69, 9.17) is 4.74 Å². The van der Waals surface area contributed by atoms with Crippen molar-refractivity contribution in [3.05, 3.63) is 35.4 Å². The highest BCUT2D eigenvalue weighted by Crippen LogP contribution is 2.18. The molecule has 138 valence electrons. The van der Waals surface area contributed by atoms with Crippen molar-refractivity contribution >= 4 is 11.8 Å². The van der Waals surface area contributed by atoms with Gasteiger partial charge in [-0.05, 0) is 30.9 Å². The van der Waals surface area contributed by atoms with Crippen molar-refractivity contribution in [1.82, 2.24) is 10.2 Å². The third-order valence-corrected chi connectivity index (χ3v) is 4.56. The van der Waals surface area contributed by atoms with E-state index in [0.717, 1.165) is 30.5 Å². The number of amides is 2. The van der Waals surface area contributed by atoms with Gasteiger partial charge in [-0.1, -0.05) is 38.1 Å². The van der Waals surface area contributed by atoms with Crippen molar-refractivity contribution in [2.24, 2.45) is 11.8 Å². The highest BCUT2D eigenvalue weighted by Gasteiger charge is 2.29. The van der Waals surface area contributed by atoms with Crippen molar-refractivity contribution in [2.75, 3.05) is 19.7 Å². The Bertz CT molecular complexity index is 569. The number of rotatable bonds is 7.